The van der Waals surface area contributed by atoms with Crippen molar-refractivity contribution in [3.8, 4) is 0 Å². The molecular weight excluding hydrogens is 296 g/mol. The van der Waals surface area contributed by atoms with Crippen molar-refractivity contribution < 1.29 is 19.1 Å². The molecular formula is C14H20O4S2. The van der Waals surface area contributed by atoms with Crippen molar-refractivity contribution in [1.29, 1.82) is 0 Å². The number of hydrogen-bond donors (Lipinski definition) is 0. The first kappa shape index (κ1) is 18.9. The zero-order chi connectivity index (χ0) is 15.4. The lowest BCUT2D eigenvalue weighted by Crippen LogP contribution is -2.21. The second kappa shape index (κ2) is 11.7. The highest BCUT2D eigenvalue weighted by Gasteiger charge is 2.11. The highest BCUT2D eigenvalue weighted by atomic mass is 32.1. The van der Waals surface area contributed by atoms with Gasteiger partial charge in [0.2, 0.25) is 0 Å². The van der Waals surface area contributed by atoms with Crippen molar-refractivity contribution in [3.05, 3.63) is 12.7 Å². The fourth-order valence-electron chi connectivity index (χ4n) is 1.36. The van der Waals surface area contributed by atoms with E-state index in [0.29, 0.717) is 12.8 Å². The van der Waals surface area contributed by atoms with Crippen molar-refractivity contribution >= 4 is 46.6 Å². The van der Waals surface area contributed by atoms with E-state index in [9.17, 15) is 9.59 Å². The number of carbonyl (C=O) groups is 2. The van der Waals surface area contributed by atoms with Gasteiger partial charge in [-0.2, -0.15) is 0 Å². The van der Waals surface area contributed by atoms with Gasteiger partial charge in [0.05, 0.1) is 0 Å². The molecule has 0 rings (SSSR count). The van der Waals surface area contributed by atoms with Gasteiger partial charge in [0.25, 0.3) is 0 Å². The summed E-state index contributed by atoms with van der Waals surface area (Å²) in [5.41, 5.74) is 0. The van der Waals surface area contributed by atoms with Crippen LogP contribution in [0.2, 0.25) is 0 Å². The molecule has 0 saturated heterocycles. The van der Waals surface area contributed by atoms with Crippen molar-refractivity contribution in [2.45, 2.75) is 45.1 Å². The highest BCUT2D eigenvalue weighted by Crippen LogP contribution is 2.06. The van der Waals surface area contributed by atoms with Crippen LogP contribution in [0.1, 0.15) is 39.0 Å². The summed E-state index contributed by atoms with van der Waals surface area (Å²) in [6.45, 7) is 4.98. The lowest BCUT2D eigenvalue weighted by Gasteiger charge is -2.12. The molecule has 1 unspecified atom stereocenters. The highest BCUT2D eigenvalue weighted by molar-refractivity contribution is 7.81. The average Bonchev–Trinajstić information content (AvgIpc) is 2.41. The lowest BCUT2D eigenvalue weighted by atomic mass is 10.1. The molecule has 0 radical (unpaired) electrons. The van der Waals surface area contributed by atoms with E-state index in [2.05, 4.69) is 6.58 Å². The van der Waals surface area contributed by atoms with Gasteiger partial charge in [0.15, 0.2) is 0 Å². The standard InChI is InChI=1S/C14H20O4S2/c1-3-13(15)17-10-11(2)18-14(16)7-5-4-6-12(20)8-9-19/h3,9,11H,1,4-8,10H2,2H3. The van der Waals surface area contributed by atoms with Crippen LogP contribution in [0.3, 0.4) is 0 Å². The normalized spacial score (nSPS) is 11.2. The smallest absolute Gasteiger partial charge is 0.330 e. The van der Waals surface area contributed by atoms with E-state index in [0.717, 1.165) is 30.2 Å². The van der Waals surface area contributed by atoms with Crippen molar-refractivity contribution in [2.24, 2.45) is 0 Å². The lowest BCUT2D eigenvalue weighted by molar-refractivity contribution is -0.155. The molecule has 0 bridgehead atoms. The number of esters is 2. The van der Waals surface area contributed by atoms with E-state index in [-0.39, 0.29) is 12.6 Å². The van der Waals surface area contributed by atoms with Crippen molar-refractivity contribution in [1.82, 2.24) is 0 Å². The third-order valence-electron chi connectivity index (χ3n) is 2.36. The first-order valence-electron chi connectivity index (χ1n) is 6.43. The first-order valence-corrected chi connectivity index (χ1v) is 7.31. The summed E-state index contributed by atoms with van der Waals surface area (Å²) in [5.74, 6) is -0.826. The quantitative estimate of drug-likeness (QED) is 0.253. The minimum absolute atomic E-state index is 0.0371. The van der Waals surface area contributed by atoms with Crippen molar-refractivity contribution in [3.63, 3.8) is 0 Å². The number of ether oxygens (including phenoxy) is 2. The molecule has 0 aliphatic rings. The summed E-state index contributed by atoms with van der Waals surface area (Å²) in [5, 5.41) is 1.61. The van der Waals surface area contributed by atoms with Crippen LogP contribution in [-0.4, -0.2) is 34.9 Å². The summed E-state index contributed by atoms with van der Waals surface area (Å²) < 4.78 is 9.87. The van der Waals surface area contributed by atoms with Crippen LogP contribution < -0.4 is 0 Å². The summed E-state index contributed by atoms with van der Waals surface area (Å²) in [6, 6.07) is 0. The van der Waals surface area contributed by atoms with Gasteiger partial charge in [-0.1, -0.05) is 31.0 Å². The Balaban J connectivity index is 3.67. The predicted octanol–water partition coefficient (Wildman–Crippen LogP) is 2.97. The van der Waals surface area contributed by atoms with Gasteiger partial charge >= 0.3 is 11.9 Å². The molecule has 0 fully saturated rings. The predicted molar refractivity (Wildman–Crippen MR) is 86.0 cm³/mol. The van der Waals surface area contributed by atoms with Gasteiger partial charge in [-0.3, -0.25) is 4.79 Å². The molecule has 0 N–H and O–H groups in total. The van der Waals surface area contributed by atoms with Crippen LogP contribution in [0.15, 0.2) is 12.7 Å². The molecule has 4 nitrogen and oxygen atoms in total. The topological polar surface area (TPSA) is 52.6 Å². The van der Waals surface area contributed by atoms with Gasteiger partial charge in [-0.05, 0) is 36.4 Å². The molecule has 6 heteroatoms. The molecule has 112 valence electrons. The van der Waals surface area contributed by atoms with Gasteiger partial charge in [-0.15, -0.1) is 0 Å². The van der Waals surface area contributed by atoms with Gasteiger partial charge in [0, 0.05) is 18.9 Å². The van der Waals surface area contributed by atoms with Crippen LogP contribution in [-0.2, 0) is 19.1 Å². The van der Waals surface area contributed by atoms with Gasteiger partial charge in [0.1, 0.15) is 12.7 Å². The number of rotatable bonds is 11. The number of unbranched alkanes of at least 4 members (excludes halogenated alkanes) is 1. The maximum absolute atomic E-state index is 11.5. The summed E-state index contributed by atoms with van der Waals surface area (Å²) in [6.07, 6.45) is 3.97. The van der Waals surface area contributed by atoms with Crippen molar-refractivity contribution in [2.75, 3.05) is 6.61 Å². The maximum atomic E-state index is 11.5. The van der Waals surface area contributed by atoms with E-state index in [4.69, 9.17) is 33.9 Å². The Labute approximate surface area is 130 Å². The van der Waals surface area contributed by atoms with Gasteiger partial charge in [-0.25, -0.2) is 4.79 Å². The van der Waals surface area contributed by atoms with Crippen LogP contribution in [0.4, 0.5) is 0 Å². The molecule has 0 amide bonds. The fourth-order valence-corrected chi connectivity index (χ4v) is 1.90. The Morgan fingerprint density at radius 3 is 2.55 bits per heavy atom. The molecule has 0 aromatic heterocycles. The van der Waals surface area contributed by atoms with Gasteiger partial charge < -0.3 is 9.47 Å². The third kappa shape index (κ3) is 10.8. The molecule has 0 aromatic rings. The Hall–Kier alpha value is -1.14. The van der Waals surface area contributed by atoms with E-state index in [1.807, 2.05) is 0 Å². The number of carbonyl (C=O) groups excluding carboxylic acids is 2. The summed E-state index contributed by atoms with van der Waals surface area (Å²) >= 11 is 9.82. The second-order valence-corrected chi connectivity index (χ2v) is 5.16. The van der Waals surface area contributed by atoms with E-state index in [1.54, 1.807) is 12.3 Å². The monoisotopic (exact) mass is 316 g/mol. The summed E-state index contributed by atoms with van der Waals surface area (Å²) in [7, 11) is 0. The largest absolute Gasteiger partial charge is 0.459 e. The van der Waals surface area contributed by atoms with E-state index >= 15 is 0 Å². The zero-order valence-electron chi connectivity index (χ0n) is 11.6. The fraction of sp³-hybridized carbons (Fsp3) is 0.571. The van der Waals surface area contributed by atoms with E-state index < -0.39 is 12.1 Å². The van der Waals surface area contributed by atoms with Crippen LogP contribution in [0.5, 0.6) is 0 Å². The Morgan fingerprint density at radius 1 is 1.30 bits per heavy atom. The molecule has 0 spiro atoms. The summed E-state index contributed by atoms with van der Waals surface area (Å²) in [4.78, 5) is 23.2. The third-order valence-corrected chi connectivity index (χ3v) is 2.89. The molecule has 0 aliphatic carbocycles. The Morgan fingerprint density at radius 2 is 1.95 bits per heavy atom. The minimum Gasteiger partial charge on any atom is -0.459 e. The molecule has 0 aliphatic heterocycles. The maximum Gasteiger partial charge on any atom is 0.330 e. The average molecular weight is 316 g/mol. The molecule has 0 saturated carbocycles. The van der Waals surface area contributed by atoms with Crippen LogP contribution in [0, 0.1) is 0 Å². The minimum atomic E-state index is -0.528. The molecule has 0 aromatic carbocycles. The second-order valence-electron chi connectivity index (χ2n) is 4.25. The Bertz CT molecular complexity index is 366. The molecule has 0 heterocycles. The first-order chi connectivity index (χ1) is 9.49. The van der Waals surface area contributed by atoms with E-state index in [1.165, 1.54) is 0 Å². The zero-order valence-corrected chi connectivity index (χ0v) is 13.3. The Kier molecular flexibility index (Phi) is 11.0. The number of thiocarbonyl (C=S) groups is 2. The molecule has 20 heavy (non-hydrogen) atoms. The van der Waals surface area contributed by atoms with Crippen LogP contribution >= 0.6 is 24.4 Å². The van der Waals surface area contributed by atoms with Crippen LogP contribution in [0.25, 0.3) is 0 Å². The molecule has 1 atom stereocenters. The number of hydrogen-bond acceptors (Lipinski definition) is 6. The SMILES string of the molecule is C=CC(=O)OCC(C)OC(=O)CCCCC(=S)CC=S.